The van der Waals surface area contributed by atoms with Crippen LogP contribution < -0.4 is 9.64 Å². The van der Waals surface area contributed by atoms with Gasteiger partial charge in [-0.2, -0.15) is 0 Å². The SMILES string of the molecule is COc1ccc(/C=C2\SC(=S)N(c3cccc(Cl)c3)C2=O)cc1. The van der Waals surface area contributed by atoms with Crippen LogP contribution in [0.1, 0.15) is 5.56 Å². The quantitative estimate of drug-likeness (QED) is 0.582. The van der Waals surface area contributed by atoms with Gasteiger partial charge >= 0.3 is 0 Å². The lowest BCUT2D eigenvalue weighted by atomic mass is 10.2. The molecule has 0 spiro atoms. The van der Waals surface area contributed by atoms with E-state index in [1.165, 1.54) is 16.7 Å². The Balaban J connectivity index is 1.89. The second kappa shape index (κ2) is 6.74. The third kappa shape index (κ3) is 3.42. The van der Waals surface area contributed by atoms with Gasteiger partial charge in [-0.15, -0.1) is 0 Å². The number of hydrogen-bond acceptors (Lipinski definition) is 4. The Hall–Kier alpha value is -1.82. The molecule has 1 amide bonds. The van der Waals surface area contributed by atoms with Gasteiger partial charge in [0.2, 0.25) is 0 Å². The summed E-state index contributed by atoms with van der Waals surface area (Å²) in [7, 11) is 1.62. The molecule has 3 nitrogen and oxygen atoms in total. The molecule has 0 saturated carbocycles. The highest BCUT2D eigenvalue weighted by Gasteiger charge is 2.33. The van der Waals surface area contributed by atoms with Gasteiger partial charge in [-0.05, 0) is 42.0 Å². The number of thiocarbonyl (C=S) groups is 1. The molecule has 1 aliphatic heterocycles. The average Bonchev–Trinajstić information content (AvgIpc) is 2.82. The van der Waals surface area contributed by atoms with Crippen LogP contribution in [0.5, 0.6) is 5.75 Å². The molecular weight excluding hydrogens is 350 g/mol. The van der Waals surface area contributed by atoms with E-state index >= 15 is 0 Å². The number of halogens is 1. The Kier molecular flexibility index (Phi) is 4.71. The zero-order valence-electron chi connectivity index (χ0n) is 12.2. The number of benzene rings is 2. The number of ether oxygens (including phenoxy) is 1. The molecule has 0 N–H and O–H groups in total. The van der Waals surface area contributed by atoms with Gasteiger partial charge in [-0.3, -0.25) is 9.69 Å². The molecule has 0 radical (unpaired) electrons. The first kappa shape index (κ1) is 16.1. The van der Waals surface area contributed by atoms with E-state index in [-0.39, 0.29) is 5.91 Å². The van der Waals surface area contributed by atoms with Crippen LogP contribution in [-0.2, 0) is 4.79 Å². The van der Waals surface area contributed by atoms with Crippen LogP contribution in [0, 0.1) is 0 Å². The van der Waals surface area contributed by atoms with Crippen molar-refractivity contribution in [3.63, 3.8) is 0 Å². The predicted molar refractivity (Wildman–Crippen MR) is 100 cm³/mol. The Bertz CT molecular complexity index is 802. The summed E-state index contributed by atoms with van der Waals surface area (Å²) in [4.78, 5) is 14.7. The van der Waals surface area contributed by atoms with E-state index in [0.717, 1.165) is 11.3 Å². The zero-order chi connectivity index (χ0) is 16.4. The largest absolute Gasteiger partial charge is 0.497 e. The van der Waals surface area contributed by atoms with Gasteiger partial charge in [0.05, 0.1) is 17.7 Å². The molecular formula is C17H12ClNO2S2. The second-order valence-electron chi connectivity index (χ2n) is 4.77. The maximum Gasteiger partial charge on any atom is 0.270 e. The summed E-state index contributed by atoms with van der Waals surface area (Å²) in [6.07, 6.45) is 1.82. The van der Waals surface area contributed by atoms with Crippen molar-refractivity contribution in [1.29, 1.82) is 0 Å². The number of rotatable bonds is 3. The molecule has 0 bridgehead atoms. The molecule has 0 atom stereocenters. The molecule has 6 heteroatoms. The molecule has 0 aromatic heterocycles. The van der Waals surface area contributed by atoms with Crippen LogP contribution in [0.4, 0.5) is 5.69 Å². The predicted octanol–water partition coefficient (Wildman–Crippen LogP) is 4.75. The van der Waals surface area contributed by atoms with Crippen LogP contribution >= 0.6 is 35.6 Å². The molecule has 2 aromatic rings. The van der Waals surface area contributed by atoms with E-state index in [1.807, 2.05) is 36.4 Å². The number of carbonyl (C=O) groups excluding carboxylic acids is 1. The number of hydrogen-bond donors (Lipinski definition) is 0. The molecule has 1 fully saturated rings. The van der Waals surface area contributed by atoms with Gasteiger partial charge in [0.25, 0.3) is 5.91 Å². The van der Waals surface area contributed by atoms with Crippen molar-refractivity contribution >= 4 is 57.6 Å². The Morgan fingerprint density at radius 2 is 1.96 bits per heavy atom. The summed E-state index contributed by atoms with van der Waals surface area (Å²) in [6, 6.07) is 14.6. The van der Waals surface area contributed by atoms with Gasteiger partial charge in [0, 0.05) is 5.02 Å². The number of nitrogens with zero attached hydrogens (tertiary/aromatic N) is 1. The summed E-state index contributed by atoms with van der Waals surface area (Å²) in [5.74, 6) is 0.631. The van der Waals surface area contributed by atoms with Crippen LogP contribution in [0.2, 0.25) is 5.02 Å². The summed E-state index contributed by atoms with van der Waals surface area (Å²) < 4.78 is 5.63. The summed E-state index contributed by atoms with van der Waals surface area (Å²) >= 11 is 12.6. The summed E-state index contributed by atoms with van der Waals surface area (Å²) in [5.41, 5.74) is 1.59. The van der Waals surface area contributed by atoms with Gasteiger partial charge < -0.3 is 4.74 Å². The Morgan fingerprint density at radius 3 is 2.61 bits per heavy atom. The molecule has 0 unspecified atom stereocenters. The molecule has 1 saturated heterocycles. The fraction of sp³-hybridized carbons (Fsp3) is 0.0588. The fourth-order valence-corrected chi connectivity index (χ4v) is 3.64. The van der Waals surface area contributed by atoms with Crippen LogP contribution in [0.15, 0.2) is 53.4 Å². The number of carbonyl (C=O) groups is 1. The molecule has 23 heavy (non-hydrogen) atoms. The van der Waals surface area contributed by atoms with Crippen LogP contribution in [-0.4, -0.2) is 17.3 Å². The maximum absolute atomic E-state index is 12.6. The molecule has 1 heterocycles. The number of amides is 1. The van der Waals surface area contributed by atoms with Crippen molar-refractivity contribution in [2.45, 2.75) is 0 Å². The van der Waals surface area contributed by atoms with E-state index in [4.69, 9.17) is 28.6 Å². The highest BCUT2D eigenvalue weighted by molar-refractivity contribution is 8.27. The molecule has 3 rings (SSSR count). The van der Waals surface area contributed by atoms with Gasteiger partial charge in [-0.1, -0.05) is 53.8 Å². The minimum absolute atomic E-state index is 0.141. The lowest BCUT2D eigenvalue weighted by Gasteiger charge is -2.14. The second-order valence-corrected chi connectivity index (χ2v) is 6.88. The van der Waals surface area contributed by atoms with E-state index in [0.29, 0.717) is 19.9 Å². The monoisotopic (exact) mass is 361 g/mol. The lowest BCUT2D eigenvalue weighted by molar-refractivity contribution is -0.113. The van der Waals surface area contributed by atoms with E-state index in [1.54, 1.807) is 25.3 Å². The van der Waals surface area contributed by atoms with E-state index in [2.05, 4.69) is 0 Å². The van der Waals surface area contributed by atoms with Gasteiger partial charge in [-0.25, -0.2) is 0 Å². The maximum atomic E-state index is 12.6. The standard InChI is InChI=1S/C17H12ClNO2S2/c1-21-14-7-5-11(6-8-14)9-15-16(20)19(17(22)23-15)13-4-2-3-12(18)10-13/h2-10H,1H3/b15-9-. The molecule has 0 aliphatic carbocycles. The molecule has 116 valence electrons. The minimum Gasteiger partial charge on any atom is -0.497 e. The average molecular weight is 362 g/mol. The number of methoxy groups -OCH3 is 1. The normalized spacial score (nSPS) is 16.3. The van der Waals surface area contributed by atoms with Crippen LogP contribution in [0.3, 0.4) is 0 Å². The summed E-state index contributed by atoms with van der Waals surface area (Å²) in [5, 5.41) is 0.565. The number of anilines is 1. The van der Waals surface area contributed by atoms with E-state index in [9.17, 15) is 4.79 Å². The highest BCUT2D eigenvalue weighted by atomic mass is 35.5. The smallest absolute Gasteiger partial charge is 0.270 e. The molecule has 2 aromatic carbocycles. The van der Waals surface area contributed by atoms with Crippen LogP contribution in [0.25, 0.3) is 6.08 Å². The first-order valence-electron chi connectivity index (χ1n) is 6.76. The van der Waals surface area contributed by atoms with Crippen molar-refractivity contribution in [2.75, 3.05) is 12.0 Å². The highest BCUT2D eigenvalue weighted by Crippen LogP contribution is 2.36. The lowest BCUT2D eigenvalue weighted by Crippen LogP contribution is -2.27. The first-order valence-corrected chi connectivity index (χ1v) is 8.36. The van der Waals surface area contributed by atoms with Crippen molar-refractivity contribution in [3.05, 3.63) is 64.0 Å². The first-order chi connectivity index (χ1) is 11.1. The van der Waals surface area contributed by atoms with Crippen molar-refractivity contribution < 1.29 is 9.53 Å². The minimum atomic E-state index is -0.141. The summed E-state index contributed by atoms with van der Waals surface area (Å²) in [6.45, 7) is 0. The fourth-order valence-electron chi connectivity index (χ4n) is 2.16. The topological polar surface area (TPSA) is 29.5 Å². The van der Waals surface area contributed by atoms with Gasteiger partial charge in [0.15, 0.2) is 4.32 Å². The van der Waals surface area contributed by atoms with Crippen molar-refractivity contribution in [3.8, 4) is 5.75 Å². The number of thioether (sulfide) groups is 1. The van der Waals surface area contributed by atoms with Crippen molar-refractivity contribution in [2.24, 2.45) is 0 Å². The van der Waals surface area contributed by atoms with E-state index < -0.39 is 0 Å². The molecule has 1 aliphatic rings. The third-order valence-electron chi connectivity index (χ3n) is 3.27. The Labute approximate surface area is 148 Å². The van der Waals surface area contributed by atoms with Gasteiger partial charge in [0.1, 0.15) is 5.75 Å². The van der Waals surface area contributed by atoms with Crippen molar-refractivity contribution in [1.82, 2.24) is 0 Å². The Morgan fingerprint density at radius 1 is 1.22 bits per heavy atom. The zero-order valence-corrected chi connectivity index (χ0v) is 14.5. The third-order valence-corrected chi connectivity index (χ3v) is 4.81.